The molecule has 3 atom stereocenters. The van der Waals surface area contributed by atoms with Crippen LogP contribution >= 0.6 is 22.1 Å². The molecule has 30 heavy (non-hydrogen) atoms. The third-order valence-corrected chi connectivity index (χ3v) is 11.0. The van der Waals surface area contributed by atoms with Crippen molar-refractivity contribution >= 4 is 49.3 Å². The predicted octanol–water partition coefficient (Wildman–Crippen LogP) is 3.40. The molecular formula is C15H21N3O9S3. The molecule has 12 nitrogen and oxygen atoms in total. The number of rotatable bonds is 6. The molecular weight excluding hydrogens is 462 g/mol. The van der Waals surface area contributed by atoms with Gasteiger partial charge in [0.05, 0.1) is 20.8 Å². The van der Waals surface area contributed by atoms with Gasteiger partial charge < -0.3 is 4.55 Å². The fourth-order valence-electron chi connectivity index (χ4n) is 3.00. The molecule has 0 spiro atoms. The lowest BCUT2D eigenvalue weighted by Crippen LogP contribution is -2.31. The molecule has 0 aromatic heterocycles. The van der Waals surface area contributed by atoms with E-state index in [1.54, 1.807) is 18.0 Å². The number of benzene rings is 1. The maximum atomic E-state index is 12.8. The summed E-state index contributed by atoms with van der Waals surface area (Å²) in [7, 11) is -7.67. The van der Waals surface area contributed by atoms with Crippen molar-refractivity contribution in [2.24, 2.45) is 0 Å². The Balaban J connectivity index is 2.62. The summed E-state index contributed by atoms with van der Waals surface area (Å²) in [5, 5.41) is 22.4. The van der Waals surface area contributed by atoms with Crippen LogP contribution < -0.4 is 0 Å². The van der Waals surface area contributed by atoms with Crippen LogP contribution in [-0.4, -0.2) is 56.0 Å². The third kappa shape index (κ3) is 5.19. The minimum absolute atomic E-state index is 0.111. The molecule has 15 heteroatoms. The van der Waals surface area contributed by atoms with Gasteiger partial charge in [-0.1, -0.05) is 13.8 Å². The summed E-state index contributed by atoms with van der Waals surface area (Å²) < 4.78 is 40.7. The van der Waals surface area contributed by atoms with Crippen LogP contribution in [0.4, 0.5) is 17.1 Å². The molecule has 0 radical (unpaired) electrons. The number of nitro groups is 2. The van der Waals surface area contributed by atoms with E-state index in [2.05, 4.69) is 0 Å². The quantitative estimate of drug-likeness (QED) is 0.331. The van der Waals surface area contributed by atoms with Crippen molar-refractivity contribution in [1.29, 1.82) is 0 Å². The summed E-state index contributed by atoms with van der Waals surface area (Å²) in [5.41, 5.74) is -3.34. The normalized spacial score (nSPS) is 27.2. The van der Waals surface area contributed by atoms with Crippen molar-refractivity contribution < 1.29 is 32.0 Å². The standard InChI is InChI=1S/C15H21N3O9S3/c1-10-11(2)29(3,7-5-4-6-28-10)27-18(23)14-9-12(16(19)20)8-13(17(21)22)15(14)30(24,25)26/h8-11H,4-7H2,1-3H3. The van der Waals surface area contributed by atoms with Crippen molar-refractivity contribution in [2.45, 2.75) is 42.1 Å². The molecule has 1 aromatic rings. The zero-order chi connectivity index (χ0) is 22.9. The van der Waals surface area contributed by atoms with E-state index in [1.165, 1.54) is 0 Å². The third-order valence-electron chi connectivity index (χ3n) is 4.90. The summed E-state index contributed by atoms with van der Waals surface area (Å²) in [6.07, 6.45) is 3.35. The molecule has 0 N–H and O–H groups in total. The second-order valence-electron chi connectivity index (χ2n) is 6.88. The zero-order valence-electron chi connectivity index (χ0n) is 16.4. The van der Waals surface area contributed by atoms with E-state index in [-0.39, 0.29) is 15.4 Å². The molecule has 1 fully saturated rings. The fourth-order valence-corrected chi connectivity index (χ4v) is 8.30. The van der Waals surface area contributed by atoms with E-state index in [9.17, 15) is 38.1 Å². The number of nitro benzene ring substituents is 2. The zero-order valence-corrected chi connectivity index (χ0v) is 18.8. The van der Waals surface area contributed by atoms with E-state index in [4.69, 9.17) is 4.28 Å². The van der Waals surface area contributed by atoms with Crippen molar-refractivity contribution in [3.05, 3.63) is 37.3 Å². The molecule has 0 bridgehead atoms. The Kier molecular flexibility index (Phi) is 7.32. The number of nitrogens with zero attached hydrogens (tertiary/aromatic N) is 3. The molecule has 2 rings (SSSR count). The summed E-state index contributed by atoms with van der Waals surface area (Å²) in [6.45, 7) is 3.85. The minimum atomic E-state index is -5.53. The molecule has 0 aliphatic carbocycles. The summed E-state index contributed by atoms with van der Waals surface area (Å²) in [5.74, 6) is 1.45. The van der Waals surface area contributed by atoms with E-state index in [0.717, 1.165) is 18.6 Å². The average molecular weight is 484 g/mol. The van der Waals surface area contributed by atoms with Gasteiger partial charge >= 0.3 is 11.4 Å². The molecule has 3 unspecified atom stereocenters. The number of thioether (sulfide) groups is 1. The number of non-ortho nitro benzene ring substituents is 1. The van der Waals surface area contributed by atoms with Gasteiger partial charge in [-0.15, -0.1) is 0 Å². The van der Waals surface area contributed by atoms with E-state index >= 15 is 0 Å². The lowest BCUT2D eigenvalue weighted by Gasteiger charge is -2.39. The molecule has 0 amide bonds. The first-order valence-electron chi connectivity index (χ1n) is 8.74. The van der Waals surface area contributed by atoms with Crippen molar-refractivity contribution in [1.82, 2.24) is 0 Å². The van der Waals surface area contributed by atoms with Gasteiger partial charge in [0.2, 0.25) is 4.90 Å². The van der Waals surface area contributed by atoms with Gasteiger partial charge in [0.1, 0.15) is 16.2 Å². The van der Waals surface area contributed by atoms with Gasteiger partial charge in [0.25, 0.3) is 10.6 Å². The molecule has 1 heterocycles. The SMILES string of the molecule is CC1SCCCCS(C)(O[N+](=O)c2cc([N+](=O)[O-])cc([N+](=O)[O-])c2S(=O)(=O)[O-])C1C. The molecule has 0 saturated carbocycles. The van der Waals surface area contributed by atoms with Gasteiger partial charge in [0, 0.05) is 22.5 Å². The second-order valence-corrected chi connectivity index (χ2v) is 13.1. The number of hydrogen-bond acceptors (Lipinski definition) is 10. The molecule has 1 saturated heterocycles. The van der Waals surface area contributed by atoms with Crippen LogP contribution in [0.2, 0.25) is 0 Å². The van der Waals surface area contributed by atoms with E-state index in [1.807, 2.05) is 13.8 Å². The predicted molar refractivity (Wildman–Crippen MR) is 111 cm³/mol. The first-order valence-corrected chi connectivity index (χ1v) is 13.4. The van der Waals surface area contributed by atoms with Crippen LogP contribution in [0.25, 0.3) is 0 Å². The van der Waals surface area contributed by atoms with Gasteiger partial charge in [-0.2, -0.15) is 16.0 Å². The Morgan fingerprint density at radius 1 is 1.10 bits per heavy atom. The van der Waals surface area contributed by atoms with Gasteiger partial charge in [-0.05, 0) is 28.9 Å². The molecule has 1 aromatic carbocycles. The molecule has 1 aliphatic rings. The van der Waals surface area contributed by atoms with Crippen LogP contribution in [0.15, 0.2) is 17.0 Å². The first-order chi connectivity index (χ1) is 13.8. The van der Waals surface area contributed by atoms with Crippen LogP contribution in [0, 0.1) is 25.1 Å². The molecule has 1 aliphatic heterocycles. The van der Waals surface area contributed by atoms with Gasteiger partial charge in [0.15, 0.2) is 0 Å². The highest BCUT2D eigenvalue weighted by atomic mass is 32.3. The minimum Gasteiger partial charge on any atom is -0.744 e. The Morgan fingerprint density at radius 2 is 1.70 bits per heavy atom. The lowest BCUT2D eigenvalue weighted by molar-refractivity contribution is -0.698. The lowest BCUT2D eigenvalue weighted by atomic mass is 10.2. The smallest absolute Gasteiger partial charge is 0.349 e. The van der Waals surface area contributed by atoms with Crippen LogP contribution in [-0.2, 0) is 14.4 Å². The molecule has 168 valence electrons. The van der Waals surface area contributed by atoms with Gasteiger partial charge in [-0.3, -0.25) is 20.2 Å². The van der Waals surface area contributed by atoms with Crippen LogP contribution in [0.5, 0.6) is 0 Å². The summed E-state index contributed by atoms with van der Waals surface area (Å²) in [4.78, 5) is 31.2. The maximum absolute atomic E-state index is 12.8. The van der Waals surface area contributed by atoms with E-state index < -0.39 is 52.2 Å². The average Bonchev–Trinajstić information content (AvgIpc) is 2.64. The van der Waals surface area contributed by atoms with Crippen molar-refractivity contribution in [2.75, 3.05) is 17.8 Å². The highest BCUT2D eigenvalue weighted by molar-refractivity contribution is 8.30. The highest BCUT2D eigenvalue weighted by Gasteiger charge is 2.43. The van der Waals surface area contributed by atoms with Crippen molar-refractivity contribution in [3.8, 4) is 0 Å². The number of hydrogen-bond donors (Lipinski definition) is 0. The largest absolute Gasteiger partial charge is 0.744 e. The van der Waals surface area contributed by atoms with Crippen molar-refractivity contribution in [3.63, 3.8) is 0 Å². The summed E-state index contributed by atoms with van der Waals surface area (Å²) in [6, 6.07) is 0.827. The Morgan fingerprint density at radius 3 is 2.23 bits per heavy atom. The highest BCUT2D eigenvalue weighted by Crippen LogP contribution is 2.56. The van der Waals surface area contributed by atoms with Gasteiger partial charge in [-0.25, -0.2) is 8.42 Å². The maximum Gasteiger partial charge on any atom is 0.349 e. The van der Waals surface area contributed by atoms with Crippen LogP contribution in [0.1, 0.15) is 26.7 Å². The monoisotopic (exact) mass is 483 g/mol. The Bertz CT molecular complexity index is 985. The Labute approximate surface area is 178 Å². The van der Waals surface area contributed by atoms with Crippen LogP contribution in [0.3, 0.4) is 0 Å². The Hall–Kier alpha value is -1.97. The second kappa shape index (κ2) is 9.03. The first kappa shape index (κ1) is 24.3. The fraction of sp³-hybridized carbons (Fsp3) is 0.600. The van der Waals surface area contributed by atoms with E-state index in [0.29, 0.717) is 17.9 Å². The topological polar surface area (TPSA) is 173 Å². The summed E-state index contributed by atoms with van der Waals surface area (Å²) >= 11 is 1.70.